The summed E-state index contributed by atoms with van der Waals surface area (Å²) in [5, 5.41) is 1.02. The zero-order chi connectivity index (χ0) is 11.7. The Balaban J connectivity index is 2.19. The second-order valence-corrected chi connectivity index (χ2v) is 3.36. The topological polar surface area (TPSA) is 68.3 Å². The lowest BCUT2D eigenvalue weighted by molar-refractivity contribution is -0.239. The summed E-state index contributed by atoms with van der Waals surface area (Å²) in [7, 11) is 2.54. The van der Waals surface area contributed by atoms with Crippen LogP contribution in [-0.2, 0) is 14.3 Å². The standard InChI is InChI=1S/C9H12N2O5/c1-14-8(12)10-5-6-3-4-7(10)11(16-6)9(13)15-2/h3-4,6-7H,5H2,1-2H3. The molecule has 0 aromatic heterocycles. The van der Waals surface area contributed by atoms with Crippen LogP contribution in [-0.4, -0.2) is 55.2 Å². The van der Waals surface area contributed by atoms with Crippen LogP contribution >= 0.6 is 0 Å². The number of hydroxylamine groups is 2. The third kappa shape index (κ3) is 1.58. The van der Waals surface area contributed by atoms with Gasteiger partial charge in [0.2, 0.25) is 0 Å². The van der Waals surface area contributed by atoms with Crippen LogP contribution in [0.15, 0.2) is 12.2 Å². The third-order valence-electron chi connectivity index (χ3n) is 2.45. The second kappa shape index (κ2) is 4.01. The van der Waals surface area contributed by atoms with Gasteiger partial charge < -0.3 is 9.47 Å². The van der Waals surface area contributed by atoms with E-state index in [1.54, 1.807) is 12.2 Å². The van der Waals surface area contributed by atoms with Crippen LogP contribution in [0, 0.1) is 0 Å². The van der Waals surface area contributed by atoms with Crippen LogP contribution in [0.25, 0.3) is 0 Å². The van der Waals surface area contributed by atoms with Crippen LogP contribution < -0.4 is 0 Å². The average molecular weight is 228 g/mol. The van der Waals surface area contributed by atoms with Gasteiger partial charge in [0, 0.05) is 0 Å². The third-order valence-corrected chi connectivity index (χ3v) is 2.45. The van der Waals surface area contributed by atoms with Crippen molar-refractivity contribution in [2.45, 2.75) is 12.3 Å². The van der Waals surface area contributed by atoms with Crippen molar-refractivity contribution in [2.75, 3.05) is 20.8 Å². The molecular weight excluding hydrogens is 216 g/mol. The molecule has 3 aliphatic rings. The maximum atomic E-state index is 11.4. The predicted molar refractivity (Wildman–Crippen MR) is 51.2 cm³/mol. The molecule has 3 rings (SSSR count). The summed E-state index contributed by atoms with van der Waals surface area (Å²) in [4.78, 5) is 29.5. The summed E-state index contributed by atoms with van der Waals surface area (Å²) in [6.07, 6.45) is 1.40. The van der Waals surface area contributed by atoms with Gasteiger partial charge in [0.1, 0.15) is 6.10 Å². The fourth-order valence-corrected chi connectivity index (χ4v) is 1.71. The molecule has 88 valence electrons. The highest BCUT2D eigenvalue weighted by molar-refractivity contribution is 5.72. The molecule has 2 atom stereocenters. The lowest BCUT2D eigenvalue weighted by atomic mass is 10.1. The van der Waals surface area contributed by atoms with Crippen molar-refractivity contribution in [3.63, 3.8) is 0 Å². The molecule has 0 spiro atoms. The summed E-state index contributed by atoms with van der Waals surface area (Å²) >= 11 is 0. The highest BCUT2D eigenvalue weighted by Gasteiger charge is 2.43. The van der Waals surface area contributed by atoms with Crippen LogP contribution in [0.5, 0.6) is 0 Å². The van der Waals surface area contributed by atoms with E-state index in [0.717, 1.165) is 5.06 Å². The Kier molecular flexibility index (Phi) is 2.69. The fourth-order valence-electron chi connectivity index (χ4n) is 1.71. The maximum Gasteiger partial charge on any atom is 0.436 e. The Morgan fingerprint density at radius 2 is 1.94 bits per heavy atom. The van der Waals surface area contributed by atoms with Gasteiger partial charge >= 0.3 is 12.2 Å². The van der Waals surface area contributed by atoms with E-state index in [2.05, 4.69) is 9.47 Å². The molecule has 3 aliphatic heterocycles. The number of rotatable bonds is 0. The average Bonchev–Trinajstić information content (AvgIpc) is 2.37. The van der Waals surface area contributed by atoms with E-state index in [9.17, 15) is 9.59 Å². The van der Waals surface area contributed by atoms with Gasteiger partial charge in [0.25, 0.3) is 0 Å². The molecule has 2 amide bonds. The van der Waals surface area contributed by atoms with Crippen molar-refractivity contribution >= 4 is 12.2 Å². The molecule has 7 heteroatoms. The predicted octanol–water partition coefficient (Wildman–Crippen LogP) is 0.333. The van der Waals surface area contributed by atoms with Crippen LogP contribution in [0.3, 0.4) is 0 Å². The fraction of sp³-hybridized carbons (Fsp3) is 0.556. The van der Waals surface area contributed by atoms with Gasteiger partial charge in [-0.2, -0.15) is 5.06 Å². The highest BCUT2D eigenvalue weighted by atomic mass is 16.7. The van der Waals surface area contributed by atoms with Crippen molar-refractivity contribution in [3.8, 4) is 0 Å². The van der Waals surface area contributed by atoms with Gasteiger partial charge in [0.05, 0.1) is 20.8 Å². The Bertz CT molecular complexity index is 317. The Labute approximate surface area is 92.1 Å². The first-order valence-corrected chi connectivity index (χ1v) is 4.74. The van der Waals surface area contributed by atoms with Crippen molar-refractivity contribution in [3.05, 3.63) is 12.2 Å². The zero-order valence-corrected chi connectivity index (χ0v) is 8.95. The van der Waals surface area contributed by atoms with E-state index in [4.69, 9.17) is 4.84 Å². The summed E-state index contributed by atoms with van der Waals surface area (Å²) in [6, 6.07) is 0. The van der Waals surface area contributed by atoms with E-state index in [1.165, 1.54) is 19.1 Å². The smallest absolute Gasteiger partial charge is 0.436 e. The van der Waals surface area contributed by atoms with E-state index in [1.807, 2.05) is 0 Å². The second-order valence-electron chi connectivity index (χ2n) is 3.36. The molecule has 0 aromatic rings. The first-order chi connectivity index (χ1) is 7.67. The van der Waals surface area contributed by atoms with Crippen LogP contribution in [0.1, 0.15) is 0 Å². The number of nitrogens with zero attached hydrogens (tertiary/aromatic N) is 2. The van der Waals surface area contributed by atoms with Gasteiger partial charge in [-0.15, -0.1) is 0 Å². The van der Waals surface area contributed by atoms with E-state index in [0.29, 0.717) is 6.54 Å². The van der Waals surface area contributed by atoms with E-state index >= 15 is 0 Å². The monoisotopic (exact) mass is 228 g/mol. The Morgan fingerprint density at radius 1 is 1.25 bits per heavy atom. The molecule has 2 unspecified atom stereocenters. The Hall–Kier alpha value is -1.76. The first-order valence-electron chi connectivity index (χ1n) is 4.74. The molecule has 0 radical (unpaired) electrons. The van der Waals surface area contributed by atoms with Crippen molar-refractivity contribution < 1.29 is 23.9 Å². The minimum Gasteiger partial charge on any atom is -0.453 e. The number of hydrogen-bond acceptors (Lipinski definition) is 5. The Morgan fingerprint density at radius 3 is 2.50 bits per heavy atom. The normalized spacial score (nSPS) is 26.9. The number of carbonyl (C=O) groups is 2. The minimum atomic E-state index is -0.645. The van der Waals surface area contributed by atoms with Gasteiger partial charge in [-0.25, -0.2) is 9.59 Å². The quantitative estimate of drug-likeness (QED) is 0.559. The van der Waals surface area contributed by atoms with Gasteiger partial charge in [-0.1, -0.05) is 6.08 Å². The zero-order valence-electron chi connectivity index (χ0n) is 8.95. The highest BCUT2D eigenvalue weighted by Crippen LogP contribution is 2.25. The molecule has 0 aromatic carbocycles. The van der Waals surface area contributed by atoms with Crippen molar-refractivity contribution in [1.82, 2.24) is 9.96 Å². The maximum absolute atomic E-state index is 11.4. The summed E-state index contributed by atoms with van der Waals surface area (Å²) in [5.41, 5.74) is 0. The molecule has 0 aliphatic carbocycles. The summed E-state index contributed by atoms with van der Waals surface area (Å²) in [6.45, 7) is 0.362. The molecule has 16 heavy (non-hydrogen) atoms. The molecule has 7 nitrogen and oxygen atoms in total. The number of amides is 2. The lowest BCUT2D eigenvalue weighted by Crippen LogP contribution is -2.62. The molecule has 1 fully saturated rings. The molecule has 0 saturated carbocycles. The van der Waals surface area contributed by atoms with Crippen molar-refractivity contribution in [2.24, 2.45) is 0 Å². The number of hydrogen-bond donors (Lipinski definition) is 0. The van der Waals surface area contributed by atoms with Gasteiger partial charge in [0.15, 0.2) is 6.17 Å². The van der Waals surface area contributed by atoms with E-state index < -0.39 is 18.4 Å². The largest absolute Gasteiger partial charge is 0.453 e. The SMILES string of the molecule is COC(=O)N1CC2C=CC1N(C(=O)OC)O2. The molecule has 3 heterocycles. The first kappa shape index (κ1) is 10.7. The summed E-state index contributed by atoms with van der Waals surface area (Å²) in [5.74, 6) is 0. The molecule has 2 bridgehead atoms. The van der Waals surface area contributed by atoms with Crippen LogP contribution in [0.4, 0.5) is 9.59 Å². The summed E-state index contributed by atoms with van der Waals surface area (Å²) < 4.78 is 9.18. The number of fused-ring (bicyclic) bond motifs is 2. The number of methoxy groups -OCH3 is 2. The number of ether oxygens (including phenoxy) is 2. The number of carbonyl (C=O) groups excluding carboxylic acids is 2. The minimum absolute atomic E-state index is 0.344. The molecular formula is C9H12N2O5. The van der Waals surface area contributed by atoms with Gasteiger partial charge in [-0.05, 0) is 6.08 Å². The molecule has 1 saturated heterocycles. The van der Waals surface area contributed by atoms with E-state index in [-0.39, 0.29) is 6.10 Å². The van der Waals surface area contributed by atoms with Crippen LogP contribution in [0.2, 0.25) is 0 Å². The van der Waals surface area contributed by atoms with Gasteiger partial charge in [-0.3, -0.25) is 9.74 Å². The van der Waals surface area contributed by atoms with Crippen molar-refractivity contribution in [1.29, 1.82) is 0 Å². The lowest BCUT2D eigenvalue weighted by Gasteiger charge is -2.45. The molecule has 0 N–H and O–H groups in total.